The van der Waals surface area contributed by atoms with E-state index in [1.165, 1.54) is 12.1 Å². The van der Waals surface area contributed by atoms with Gasteiger partial charge in [-0.15, -0.1) is 0 Å². The summed E-state index contributed by atoms with van der Waals surface area (Å²) in [7, 11) is 0. The fraction of sp³-hybridized carbons (Fsp3) is 0.176. The first-order valence-corrected chi connectivity index (χ1v) is 7.02. The highest BCUT2D eigenvalue weighted by molar-refractivity contribution is 5.95. The number of carbonyl (C=O) groups excluding carboxylic acids is 1. The van der Waals surface area contributed by atoms with Crippen LogP contribution in [0.4, 0.5) is 4.39 Å². The van der Waals surface area contributed by atoms with Gasteiger partial charge in [-0.05, 0) is 42.0 Å². The Kier molecular flexibility index (Phi) is 5.68. The third-order valence-electron chi connectivity index (χ3n) is 3.09. The second kappa shape index (κ2) is 7.93. The van der Waals surface area contributed by atoms with Crippen LogP contribution in [-0.2, 0) is 11.2 Å². The van der Waals surface area contributed by atoms with Gasteiger partial charge in [0.25, 0.3) is 5.91 Å². The van der Waals surface area contributed by atoms with E-state index >= 15 is 0 Å². The Morgan fingerprint density at radius 3 is 2.30 bits per heavy atom. The van der Waals surface area contributed by atoms with Crippen molar-refractivity contribution in [3.05, 3.63) is 65.5 Å². The summed E-state index contributed by atoms with van der Waals surface area (Å²) < 4.78 is 18.3. The van der Waals surface area contributed by atoms with E-state index in [0.29, 0.717) is 24.3 Å². The smallest absolute Gasteiger partial charge is 0.322 e. The number of hydrogen-bond donors (Lipinski definition) is 2. The maximum absolute atomic E-state index is 12.8. The zero-order chi connectivity index (χ0) is 16.7. The molecule has 0 atom stereocenters. The number of aliphatic carboxylic acids is 1. The number of rotatable bonds is 7. The molecule has 23 heavy (non-hydrogen) atoms. The summed E-state index contributed by atoms with van der Waals surface area (Å²) in [6.07, 6.45) is 0.640. The molecule has 0 fully saturated rings. The van der Waals surface area contributed by atoms with Crippen LogP contribution < -0.4 is 10.1 Å². The maximum Gasteiger partial charge on any atom is 0.322 e. The molecule has 5 nitrogen and oxygen atoms in total. The Balaban J connectivity index is 1.81. The summed E-state index contributed by atoms with van der Waals surface area (Å²) in [5.74, 6) is -1.22. The highest BCUT2D eigenvalue weighted by atomic mass is 19.1. The van der Waals surface area contributed by atoms with E-state index in [9.17, 15) is 14.0 Å². The van der Waals surface area contributed by atoms with Gasteiger partial charge in [-0.2, -0.15) is 0 Å². The lowest BCUT2D eigenvalue weighted by molar-refractivity contribution is -0.135. The zero-order valence-electron chi connectivity index (χ0n) is 12.3. The predicted octanol–water partition coefficient (Wildman–Crippen LogP) is 2.26. The SMILES string of the molecule is O=C(O)CNC(=O)c1ccc(OCCc2ccc(F)cc2)cc1. The average molecular weight is 317 g/mol. The van der Waals surface area contributed by atoms with Crippen LogP contribution in [0.2, 0.25) is 0 Å². The summed E-state index contributed by atoms with van der Waals surface area (Å²) in [4.78, 5) is 22.0. The monoisotopic (exact) mass is 317 g/mol. The topological polar surface area (TPSA) is 75.6 Å². The standard InChI is InChI=1S/C17H16FNO4/c18-14-5-1-12(2-6-14)9-10-23-15-7-3-13(4-8-15)17(22)19-11-16(20)21/h1-8H,9-11H2,(H,19,22)(H,20,21). The number of carboxylic acid groups (broad SMARTS) is 1. The molecule has 0 heterocycles. The number of carboxylic acids is 1. The van der Waals surface area contributed by atoms with Crippen molar-refractivity contribution < 1.29 is 23.8 Å². The molecular formula is C17H16FNO4. The predicted molar refractivity (Wildman–Crippen MR) is 82.0 cm³/mol. The third-order valence-corrected chi connectivity index (χ3v) is 3.09. The normalized spacial score (nSPS) is 10.1. The van der Waals surface area contributed by atoms with Crippen LogP contribution in [0, 0.1) is 5.82 Å². The van der Waals surface area contributed by atoms with Gasteiger partial charge in [0.1, 0.15) is 18.1 Å². The molecule has 2 aromatic rings. The number of ether oxygens (including phenoxy) is 1. The number of nitrogens with one attached hydrogen (secondary N) is 1. The van der Waals surface area contributed by atoms with Crippen LogP contribution in [0.25, 0.3) is 0 Å². The van der Waals surface area contributed by atoms with Crippen molar-refractivity contribution in [2.24, 2.45) is 0 Å². The van der Waals surface area contributed by atoms with Gasteiger partial charge in [0.2, 0.25) is 0 Å². The molecule has 0 saturated heterocycles. The van der Waals surface area contributed by atoms with Crippen molar-refractivity contribution >= 4 is 11.9 Å². The first-order chi connectivity index (χ1) is 11.0. The molecule has 120 valence electrons. The van der Waals surface area contributed by atoms with Gasteiger partial charge in [-0.25, -0.2) is 4.39 Å². The van der Waals surface area contributed by atoms with Crippen molar-refractivity contribution in [2.75, 3.05) is 13.2 Å². The molecule has 2 aromatic carbocycles. The third kappa shape index (κ3) is 5.43. The van der Waals surface area contributed by atoms with E-state index < -0.39 is 18.4 Å². The lowest BCUT2D eigenvalue weighted by Gasteiger charge is -2.07. The van der Waals surface area contributed by atoms with Crippen LogP contribution in [0.15, 0.2) is 48.5 Å². The second-order valence-electron chi connectivity index (χ2n) is 4.83. The first kappa shape index (κ1) is 16.5. The molecule has 1 amide bonds. The largest absolute Gasteiger partial charge is 0.493 e. The van der Waals surface area contributed by atoms with Gasteiger partial charge in [0, 0.05) is 12.0 Å². The van der Waals surface area contributed by atoms with E-state index in [1.807, 2.05) is 0 Å². The molecule has 0 radical (unpaired) electrons. The fourth-order valence-electron chi connectivity index (χ4n) is 1.90. The van der Waals surface area contributed by atoms with Crippen molar-refractivity contribution in [3.8, 4) is 5.75 Å². The number of hydrogen-bond acceptors (Lipinski definition) is 3. The van der Waals surface area contributed by atoms with Crippen LogP contribution in [0.5, 0.6) is 5.75 Å². The van der Waals surface area contributed by atoms with Gasteiger partial charge in [-0.1, -0.05) is 12.1 Å². The molecule has 0 aliphatic carbocycles. The quantitative estimate of drug-likeness (QED) is 0.821. The summed E-state index contributed by atoms with van der Waals surface area (Å²) >= 11 is 0. The summed E-state index contributed by atoms with van der Waals surface area (Å²) in [5.41, 5.74) is 1.33. The van der Waals surface area contributed by atoms with E-state index in [1.54, 1.807) is 36.4 Å². The second-order valence-corrected chi connectivity index (χ2v) is 4.83. The molecule has 0 bridgehead atoms. The maximum atomic E-state index is 12.8. The molecule has 0 aliphatic heterocycles. The Morgan fingerprint density at radius 2 is 1.70 bits per heavy atom. The minimum Gasteiger partial charge on any atom is -0.493 e. The number of benzene rings is 2. The highest BCUT2D eigenvalue weighted by Gasteiger charge is 2.07. The summed E-state index contributed by atoms with van der Waals surface area (Å²) in [6.45, 7) is 0.00491. The minimum absolute atomic E-state index is 0.272. The Hall–Kier alpha value is -2.89. The van der Waals surface area contributed by atoms with Crippen molar-refractivity contribution in [1.29, 1.82) is 0 Å². The van der Waals surface area contributed by atoms with E-state index in [-0.39, 0.29) is 5.82 Å². The fourth-order valence-corrected chi connectivity index (χ4v) is 1.90. The minimum atomic E-state index is -1.10. The number of halogens is 1. The molecule has 2 rings (SSSR count). The first-order valence-electron chi connectivity index (χ1n) is 7.02. The van der Waals surface area contributed by atoms with Crippen LogP contribution >= 0.6 is 0 Å². The van der Waals surface area contributed by atoms with Gasteiger partial charge < -0.3 is 15.2 Å². The van der Waals surface area contributed by atoms with Gasteiger partial charge >= 0.3 is 5.97 Å². The van der Waals surface area contributed by atoms with Crippen LogP contribution in [-0.4, -0.2) is 30.1 Å². The lowest BCUT2D eigenvalue weighted by Crippen LogP contribution is -2.29. The Bertz CT molecular complexity index is 668. The Labute approximate surface area is 132 Å². The number of carbonyl (C=O) groups is 2. The average Bonchev–Trinajstić information content (AvgIpc) is 2.55. The molecule has 0 aromatic heterocycles. The van der Waals surface area contributed by atoms with Crippen LogP contribution in [0.3, 0.4) is 0 Å². The Morgan fingerprint density at radius 1 is 1.04 bits per heavy atom. The molecular weight excluding hydrogens is 301 g/mol. The van der Waals surface area contributed by atoms with Gasteiger partial charge in [-0.3, -0.25) is 9.59 Å². The molecule has 2 N–H and O–H groups in total. The molecule has 0 saturated carbocycles. The summed E-state index contributed by atoms with van der Waals surface area (Å²) in [5, 5.41) is 10.8. The summed E-state index contributed by atoms with van der Waals surface area (Å²) in [6, 6.07) is 12.6. The molecule has 0 aliphatic rings. The molecule has 6 heteroatoms. The van der Waals surface area contributed by atoms with Crippen molar-refractivity contribution in [1.82, 2.24) is 5.32 Å². The van der Waals surface area contributed by atoms with E-state index in [0.717, 1.165) is 5.56 Å². The molecule has 0 unspecified atom stereocenters. The van der Waals surface area contributed by atoms with Crippen molar-refractivity contribution in [2.45, 2.75) is 6.42 Å². The lowest BCUT2D eigenvalue weighted by atomic mass is 10.1. The van der Waals surface area contributed by atoms with Crippen LogP contribution in [0.1, 0.15) is 15.9 Å². The van der Waals surface area contributed by atoms with Gasteiger partial charge in [0.15, 0.2) is 0 Å². The van der Waals surface area contributed by atoms with E-state index in [2.05, 4.69) is 5.32 Å². The zero-order valence-corrected chi connectivity index (χ0v) is 12.3. The van der Waals surface area contributed by atoms with Crippen molar-refractivity contribution in [3.63, 3.8) is 0 Å². The van der Waals surface area contributed by atoms with Gasteiger partial charge in [0.05, 0.1) is 6.61 Å². The highest BCUT2D eigenvalue weighted by Crippen LogP contribution is 2.13. The number of amides is 1. The van der Waals surface area contributed by atoms with E-state index in [4.69, 9.17) is 9.84 Å². The molecule has 0 spiro atoms.